The van der Waals surface area contributed by atoms with Gasteiger partial charge in [-0.1, -0.05) is 22.8 Å². The summed E-state index contributed by atoms with van der Waals surface area (Å²) in [7, 11) is 0. The van der Waals surface area contributed by atoms with Crippen molar-refractivity contribution in [1.82, 2.24) is 4.90 Å². The third-order valence-electron chi connectivity index (χ3n) is 4.47. The van der Waals surface area contributed by atoms with E-state index >= 15 is 0 Å². The zero-order valence-corrected chi connectivity index (χ0v) is 17.1. The van der Waals surface area contributed by atoms with Crippen LogP contribution in [0.25, 0.3) is 10.4 Å². The Bertz CT molecular complexity index is 981. The Hall–Kier alpha value is -3.07. The molecule has 0 aliphatic carbocycles. The summed E-state index contributed by atoms with van der Waals surface area (Å²) in [5.41, 5.74) is 7.80. The van der Waals surface area contributed by atoms with Crippen LogP contribution in [0.15, 0.2) is 41.2 Å². The maximum atomic E-state index is 12.6. The quantitative estimate of drug-likeness (QED) is 0.253. The number of carbonyl (C=O) groups is 3. The standard InChI is InChI=1S/C19H19ClN4O6/c1-19(2,3)30-18(28)11-8-12(29-17(27)9-5-4-6-10(20)7-9)15(25)14-13(22-23-21)16(26)24(11)14/h4-8,12-15,25H,1-3H3/t12-,13+,14+,15+/m1/s1. The minimum absolute atomic E-state index is 0.139. The number of fused-ring (bicyclic) bond motifs is 1. The van der Waals surface area contributed by atoms with E-state index in [4.69, 9.17) is 26.6 Å². The van der Waals surface area contributed by atoms with Crippen LogP contribution in [0.2, 0.25) is 5.02 Å². The Kier molecular flexibility index (Phi) is 5.76. The molecule has 0 unspecified atom stereocenters. The number of aliphatic hydroxyl groups is 1. The number of ether oxygens (including phenoxy) is 2. The van der Waals surface area contributed by atoms with E-state index in [0.717, 1.165) is 11.0 Å². The van der Waals surface area contributed by atoms with E-state index in [-0.39, 0.29) is 11.3 Å². The molecule has 30 heavy (non-hydrogen) atoms. The fourth-order valence-electron chi connectivity index (χ4n) is 3.22. The number of hydrogen-bond donors (Lipinski definition) is 1. The third-order valence-corrected chi connectivity index (χ3v) is 4.70. The number of azide groups is 1. The smallest absolute Gasteiger partial charge is 0.355 e. The molecular weight excluding hydrogens is 416 g/mol. The zero-order chi connectivity index (χ0) is 22.2. The molecule has 0 bridgehead atoms. The lowest BCUT2D eigenvalue weighted by molar-refractivity contribution is -0.168. The molecule has 0 spiro atoms. The van der Waals surface area contributed by atoms with Gasteiger partial charge in [0.1, 0.15) is 23.4 Å². The van der Waals surface area contributed by atoms with Crippen molar-refractivity contribution in [2.45, 2.75) is 50.7 Å². The number of nitrogens with zero attached hydrogens (tertiary/aromatic N) is 4. The van der Waals surface area contributed by atoms with Gasteiger partial charge in [0.05, 0.1) is 11.6 Å². The maximum Gasteiger partial charge on any atom is 0.355 e. The van der Waals surface area contributed by atoms with E-state index in [1.165, 1.54) is 12.1 Å². The first kappa shape index (κ1) is 21.6. The highest BCUT2D eigenvalue weighted by Gasteiger charge is 2.58. The number of carbonyl (C=O) groups excluding carboxylic acids is 3. The summed E-state index contributed by atoms with van der Waals surface area (Å²) in [5, 5.41) is 14.4. The van der Waals surface area contributed by atoms with E-state index in [9.17, 15) is 19.5 Å². The topological polar surface area (TPSA) is 142 Å². The van der Waals surface area contributed by atoms with Crippen LogP contribution in [0.3, 0.4) is 0 Å². The van der Waals surface area contributed by atoms with Crippen molar-refractivity contribution in [2.24, 2.45) is 5.11 Å². The molecule has 1 aromatic rings. The summed E-state index contributed by atoms with van der Waals surface area (Å²) < 4.78 is 10.7. The molecule has 158 valence electrons. The molecule has 0 aromatic heterocycles. The molecule has 1 fully saturated rings. The lowest BCUT2D eigenvalue weighted by atomic mass is 9.83. The number of β-lactam (4-membered cyclic amide) rings is 1. The van der Waals surface area contributed by atoms with Crippen LogP contribution in [0.4, 0.5) is 0 Å². The van der Waals surface area contributed by atoms with Crippen molar-refractivity contribution in [3.63, 3.8) is 0 Å². The highest BCUT2D eigenvalue weighted by atomic mass is 35.5. The fourth-order valence-corrected chi connectivity index (χ4v) is 3.41. The first-order chi connectivity index (χ1) is 14.0. The van der Waals surface area contributed by atoms with Gasteiger partial charge in [-0.25, -0.2) is 9.59 Å². The van der Waals surface area contributed by atoms with Crippen LogP contribution in [0.5, 0.6) is 0 Å². The number of rotatable bonds is 4. The first-order valence-corrected chi connectivity index (χ1v) is 9.38. The van der Waals surface area contributed by atoms with Crippen LogP contribution < -0.4 is 0 Å². The van der Waals surface area contributed by atoms with Gasteiger partial charge in [0.2, 0.25) is 5.91 Å². The molecule has 1 amide bonds. The Balaban J connectivity index is 1.94. The lowest BCUT2D eigenvalue weighted by Crippen LogP contribution is -2.72. The van der Waals surface area contributed by atoms with Crippen molar-refractivity contribution < 1.29 is 29.0 Å². The molecule has 1 N–H and O–H groups in total. The molecule has 4 atom stereocenters. The van der Waals surface area contributed by atoms with Crippen molar-refractivity contribution in [3.05, 3.63) is 57.1 Å². The fraction of sp³-hybridized carbons (Fsp3) is 0.421. The Morgan fingerprint density at radius 1 is 1.30 bits per heavy atom. The van der Waals surface area contributed by atoms with E-state index in [2.05, 4.69) is 10.0 Å². The maximum absolute atomic E-state index is 12.6. The molecule has 1 aromatic carbocycles. The van der Waals surface area contributed by atoms with E-state index in [1.54, 1.807) is 32.9 Å². The Morgan fingerprint density at radius 2 is 2.00 bits per heavy atom. The second-order valence-electron chi connectivity index (χ2n) is 7.77. The van der Waals surface area contributed by atoms with Gasteiger partial charge < -0.3 is 14.6 Å². The minimum Gasteiger partial charge on any atom is -0.455 e. The predicted molar refractivity (Wildman–Crippen MR) is 104 cm³/mol. The van der Waals surface area contributed by atoms with E-state index in [1.807, 2.05) is 0 Å². The Morgan fingerprint density at radius 3 is 2.60 bits per heavy atom. The number of esters is 2. The van der Waals surface area contributed by atoms with Gasteiger partial charge in [0.25, 0.3) is 0 Å². The molecule has 3 rings (SSSR count). The van der Waals surface area contributed by atoms with Gasteiger partial charge in [0, 0.05) is 9.93 Å². The summed E-state index contributed by atoms with van der Waals surface area (Å²) in [4.78, 5) is 41.1. The number of halogens is 1. The second kappa shape index (κ2) is 7.98. The summed E-state index contributed by atoms with van der Waals surface area (Å²) in [6, 6.07) is 3.70. The molecule has 1 saturated heterocycles. The van der Waals surface area contributed by atoms with Gasteiger partial charge in [-0.15, -0.1) is 0 Å². The average molecular weight is 435 g/mol. The molecule has 10 nitrogen and oxygen atoms in total. The lowest BCUT2D eigenvalue weighted by Gasteiger charge is -2.51. The van der Waals surface area contributed by atoms with Gasteiger partial charge in [-0.2, -0.15) is 0 Å². The number of hydrogen-bond acceptors (Lipinski definition) is 7. The van der Waals surface area contributed by atoms with Crippen molar-refractivity contribution in [2.75, 3.05) is 0 Å². The molecule has 0 radical (unpaired) electrons. The van der Waals surface area contributed by atoms with Gasteiger partial charge in [0.15, 0.2) is 6.10 Å². The number of benzene rings is 1. The number of amides is 1. The van der Waals surface area contributed by atoms with Crippen LogP contribution in [-0.2, 0) is 19.1 Å². The van der Waals surface area contributed by atoms with Crippen LogP contribution in [0.1, 0.15) is 31.1 Å². The summed E-state index contributed by atoms with van der Waals surface area (Å²) in [6.45, 7) is 4.95. The molecule has 2 aliphatic rings. The highest BCUT2D eigenvalue weighted by molar-refractivity contribution is 6.30. The largest absolute Gasteiger partial charge is 0.455 e. The zero-order valence-electron chi connectivity index (χ0n) is 16.4. The van der Waals surface area contributed by atoms with Crippen molar-refractivity contribution in [1.29, 1.82) is 0 Å². The van der Waals surface area contributed by atoms with Crippen molar-refractivity contribution in [3.8, 4) is 0 Å². The molecule has 11 heteroatoms. The van der Waals surface area contributed by atoms with Gasteiger partial charge in [-0.3, -0.25) is 9.69 Å². The monoisotopic (exact) mass is 434 g/mol. The molecule has 2 heterocycles. The third kappa shape index (κ3) is 4.11. The Labute approximate surface area is 176 Å². The highest BCUT2D eigenvalue weighted by Crippen LogP contribution is 2.37. The van der Waals surface area contributed by atoms with Crippen LogP contribution in [0, 0.1) is 0 Å². The van der Waals surface area contributed by atoms with E-state index in [0.29, 0.717) is 5.02 Å². The molecule has 0 saturated carbocycles. The van der Waals surface area contributed by atoms with E-state index < -0.39 is 47.7 Å². The minimum atomic E-state index is -1.42. The van der Waals surface area contributed by atoms with Gasteiger partial charge in [-0.05, 0) is 50.6 Å². The number of aliphatic hydroxyl groups excluding tert-OH is 1. The average Bonchev–Trinajstić information content (AvgIpc) is 2.65. The van der Waals surface area contributed by atoms with Crippen LogP contribution >= 0.6 is 11.6 Å². The summed E-state index contributed by atoms with van der Waals surface area (Å²) in [6.07, 6.45) is -1.56. The second-order valence-corrected chi connectivity index (χ2v) is 8.21. The van der Waals surface area contributed by atoms with Gasteiger partial charge >= 0.3 is 11.9 Å². The normalized spacial score (nSPS) is 25.3. The summed E-state index contributed by atoms with van der Waals surface area (Å²) >= 11 is 5.89. The SMILES string of the molecule is CC(C)(C)OC(=O)C1=C[C@@H](OC(=O)c2cccc(Cl)c2)[C@H](O)[C@@H]2[C@H](N=[N+]=[N-])C(=O)N12. The summed E-state index contributed by atoms with van der Waals surface area (Å²) in [5.74, 6) is -2.29. The van der Waals surface area contributed by atoms with Crippen molar-refractivity contribution >= 4 is 29.4 Å². The molecule has 2 aliphatic heterocycles. The van der Waals surface area contributed by atoms with Crippen LogP contribution in [-0.4, -0.2) is 57.7 Å². The predicted octanol–water partition coefficient (Wildman–Crippen LogP) is 2.36. The molecular formula is C19H19ClN4O6. The first-order valence-electron chi connectivity index (χ1n) is 9.00.